The van der Waals surface area contributed by atoms with Crippen molar-refractivity contribution in [2.75, 3.05) is 6.54 Å². The van der Waals surface area contributed by atoms with Crippen LogP contribution in [-0.4, -0.2) is 18.5 Å². The predicted octanol–water partition coefficient (Wildman–Crippen LogP) is 2.40. The smallest absolute Gasteiger partial charge is 0.237 e. The van der Waals surface area contributed by atoms with Gasteiger partial charge in [-0.15, -0.1) is 0 Å². The number of carbonyl (C=O) groups excluding carboxylic acids is 1. The van der Waals surface area contributed by atoms with Gasteiger partial charge in [-0.25, -0.2) is 0 Å². The van der Waals surface area contributed by atoms with E-state index in [2.05, 4.69) is 29.7 Å². The van der Waals surface area contributed by atoms with Gasteiger partial charge in [0.2, 0.25) is 5.91 Å². The lowest BCUT2D eigenvalue weighted by Crippen LogP contribution is -2.44. The maximum Gasteiger partial charge on any atom is 0.237 e. The van der Waals surface area contributed by atoms with Crippen molar-refractivity contribution in [3.8, 4) is 0 Å². The summed E-state index contributed by atoms with van der Waals surface area (Å²) < 4.78 is 0. The Morgan fingerprint density at radius 3 is 2.83 bits per heavy atom. The van der Waals surface area contributed by atoms with Crippen LogP contribution in [-0.2, 0) is 4.79 Å². The highest BCUT2D eigenvalue weighted by atomic mass is 16.2. The van der Waals surface area contributed by atoms with E-state index in [1.54, 1.807) is 0 Å². The molecule has 1 aromatic rings. The van der Waals surface area contributed by atoms with Gasteiger partial charge < -0.3 is 5.32 Å². The van der Waals surface area contributed by atoms with Crippen molar-refractivity contribution in [1.29, 1.82) is 0 Å². The van der Waals surface area contributed by atoms with E-state index >= 15 is 0 Å². The molecule has 1 heterocycles. The number of rotatable bonds is 4. The Bertz CT molecular complexity index is 377. The number of amides is 1. The van der Waals surface area contributed by atoms with Crippen LogP contribution < -0.4 is 10.6 Å². The topological polar surface area (TPSA) is 41.1 Å². The summed E-state index contributed by atoms with van der Waals surface area (Å²) in [5.41, 5.74) is 1.26. The second-order valence-electron chi connectivity index (χ2n) is 4.88. The number of nitrogens with one attached hydrogen (secondary N) is 2. The average Bonchev–Trinajstić information content (AvgIpc) is 2.62. The Kier molecular flexibility index (Phi) is 4.76. The van der Waals surface area contributed by atoms with Crippen LogP contribution in [0.15, 0.2) is 30.3 Å². The molecule has 1 saturated heterocycles. The van der Waals surface area contributed by atoms with Crippen molar-refractivity contribution in [3.05, 3.63) is 35.9 Å². The molecule has 0 saturated carbocycles. The maximum atomic E-state index is 11.9. The fraction of sp³-hybridized carbons (Fsp3) is 0.533. The molecule has 0 bridgehead atoms. The highest BCUT2D eigenvalue weighted by Gasteiger charge is 2.23. The van der Waals surface area contributed by atoms with Crippen LogP contribution in [0.5, 0.6) is 0 Å². The minimum Gasteiger partial charge on any atom is -0.355 e. The quantitative estimate of drug-likeness (QED) is 0.856. The molecule has 1 amide bonds. The summed E-state index contributed by atoms with van der Waals surface area (Å²) >= 11 is 0. The van der Waals surface area contributed by atoms with Crippen molar-refractivity contribution in [3.63, 3.8) is 0 Å². The van der Waals surface area contributed by atoms with Crippen LogP contribution in [0.25, 0.3) is 0 Å². The number of hydrogen-bond donors (Lipinski definition) is 2. The van der Waals surface area contributed by atoms with Crippen molar-refractivity contribution < 1.29 is 4.79 Å². The van der Waals surface area contributed by atoms with Gasteiger partial charge in [-0.3, -0.25) is 10.1 Å². The summed E-state index contributed by atoms with van der Waals surface area (Å²) in [5.74, 6) is 0.155. The third kappa shape index (κ3) is 3.33. The minimum atomic E-state index is -0.0438. The fourth-order valence-electron chi connectivity index (χ4n) is 2.48. The molecule has 2 unspecified atom stereocenters. The third-order valence-corrected chi connectivity index (χ3v) is 3.55. The first-order chi connectivity index (χ1) is 8.81. The SMILES string of the molecule is CCC(NC1CCCCNC1=O)c1ccccc1. The van der Waals surface area contributed by atoms with E-state index in [1.807, 2.05) is 18.2 Å². The molecule has 2 rings (SSSR count). The molecule has 1 aromatic carbocycles. The van der Waals surface area contributed by atoms with Crippen LogP contribution in [0.3, 0.4) is 0 Å². The Morgan fingerprint density at radius 1 is 1.33 bits per heavy atom. The summed E-state index contributed by atoms with van der Waals surface area (Å²) in [5, 5.41) is 6.47. The summed E-state index contributed by atoms with van der Waals surface area (Å²) in [6, 6.07) is 10.6. The van der Waals surface area contributed by atoms with E-state index in [0.29, 0.717) is 0 Å². The molecule has 3 heteroatoms. The minimum absolute atomic E-state index is 0.0438. The molecule has 1 aliphatic rings. The van der Waals surface area contributed by atoms with Gasteiger partial charge in [-0.2, -0.15) is 0 Å². The molecule has 2 atom stereocenters. The zero-order chi connectivity index (χ0) is 12.8. The van der Waals surface area contributed by atoms with Gasteiger partial charge in [0, 0.05) is 12.6 Å². The molecule has 1 aliphatic heterocycles. The van der Waals surface area contributed by atoms with E-state index < -0.39 is 0 Å². The lowest BCUT2D eigenvalue weighted by molar-refractivity contribution is -0.123. The van der Waals surface area contributed by atoms with E-state index in [-0.39, 0.29) is 18.0 Å². The summed E-state index contributed by atoms with van der Waals surface area (Å²) in [4.78, 5) is 11.9. The summed E-state index contributed by atoms with van der Waals surface area (Å²) in [6.45, 7) is 2.97. The van der Waals surface area contributed by atoms with E-state index in [9.17, 15) is 4.79 Å². The second kappa shape index (κ2) is 6.55. The summed E-state index contributed by atoms with van der Waals surface area (Å²) in [6.07, 6.45) is 4.14. The molecule has 0 aromatic heterocycles. The Morgan fingerprint density at radius 2 is 2.11 bits per heavy atom. The normalized spacial score (nSPS) is 22.1. The van der Waals surface area contributed by atoms with Gasteiger partial charge in [0.05, 0.1) is 6.04 Å². The number of benzene rings is 1. The monoisotopic (exact) mass is 246 g/mol. The molecule has 1 fully saturated rings. The van der Waals surface area contributed by atoms with Crippen molar-refractivity contribution in [2.45, 2.75) is 44.7 Å². The van der Waals surface area contributed by atoms with Crippen LogP contribution in [0, 0.1) is 0 Å². The predicted molar refractivity (Wildman–Crippen MR) is 73.3 cm³/mol. The average molecular weight is 246 g/mol. The van der Waals surface area contributed by atoms with Gasteiger partial charge in [-0.05, 0) is 31.2 Å². The molecular formula is C15H22N2O. The fourth-order valence-corrected chi connectivity index (χ4v) is 2.48. The van der Waals surface area contributed by atoms with Crippen molar-refractivity contribution >= 4 is 5.91 Å². The van der Waals surface area contributed by atoms with Gasteiger partial charge in [-0.1, -0.05) is 37.3 Å². The van der Waals surface area contributed by atoms with Gasteiger partial charge in [0.15, 0.2) is 0 Å². The molecule has 18 heavy (non-hydrogen) atoms. The lowest BCUT2D eigenvalue weighted by Gasteiger charge is -2.23. The van der Waals surface area contributed by atoms with Gasteiger partial charge >= 0.3 is 0 Å². The van der Waals surface area contributed by atoms with E-state index in [0.717, 1.165) is 32.2 Å². The maximum absolute atomic E-state index is 11.9. The van der Waals surface area contributed by atoms with Crippen LogP contribution in [0.2, 0.25) is 0 Å². The highest BCUT2D eigenvalue weighted by Crippen LogP contribution is 2.18. The van der Waals surface area contributed by atoms with Gasteiger partial charge in [0.1, 0.15) is 0 Å². The molecule has 0 aliphatic carbocycles. The lowest BCUT2D eigenvalue weighted by atomic mass is 10.0. The molecular weight excluding hydrogens is 224 g/mol. The first-order valence-corrected chi connectivity index (χ1v) is 6.90. The number of carbonyl (C=O) groups is 1. The molecule has 0 spiro atoms. The largest absolute Gasteiger partial charge is 0.355 e. The molecule has 2 N–H and O–H groups in total. The highest BCUT2D eigenvalue weighted by molar-refractivity contribution is 5.81. The van der Waals surface area contributed by atoms with E-state index in [4.69, 9.17) is 0 Å². The second-order valence-corrected chi connectivity index (χ2v) is 4.88. The van der Waals surface area contributed by atoms with Gasteiger partial charge in [0.25, 0.3) is 0 Å². The Labute approximate surface area is 109 Å². The number of hydrogen-bond acceptors (Lipinski definition) is 2. The Hall–Kier alpha value is -1.35. The van der Waals surface area contributed by atoms with Crippen molar-refractivity contribution in [2.24, 2.45) is 0 Å². The third-order valence-electron chi connectivity index (χ3n) is 3.55. The zero-order valence-corrected chi connectivity index (χ0v) is 11.0. The Balaban J connectivity index is 2.03. The van der Waals surface area contributed by atoms with Crippen LogP contribution in [0.1, 0.15) is 44.2 Å². The summed E-state index contributed by atoms with van der Waals surface area (Å²) in [7, 11) is 0. The van der Waals surface area contributed by atoms with Crippen molar-refractivity contribution in [1.82, 2.24) is 10.6 Å². The molecule has 98 valence electrons. The standard InChI is InChI=1S/C15H22N2O/c1-2-13(12-8-4-3-5-9-12)17-14-10-6-7-11-16-15(14)18/h3-5,8-9,13-14,17H,2,6-7,10-11H2,1H3,(H,16,18). The van der Waals surface area contributed by atoms with Crippen LogP contribution in [0.4, 0.5) is 0 Å². The first-order valence-electron chi connectivity index (χ1n) is 6.90. The first kappa shape index (κ1) is 13.1. The molecule has 0 radical (unpaired) electrons. The zero-order valence-electron chi connectivity index (χ0n) is 11.0. The molecule has 3 nitrogen and oxygen atoms in total. The van der Waals surface area contributed by atoms with E-state index in [1.165, 1.54) is 5.56 Å². The van der Waals surface area contributed by atoms with Crippen LogP contribution >= 0.6 is 0 Å².